The van der Waals surface area contributed by atoms with Crippen LogP contribution in [0.1, 0.15) is 35.0 Å². The van der Waals surface area contributed by atoms with Gasteiger partial charge in [-0.1, -0.05) is 24.4 Å². The first kappa shape index (κ1) is 15.1. The van der Waals surface area contributed by atoms with Crippen LogP contribution in [0.3, 0.4) is 0 Å². The second kappa shape index (κ2) is 6.20. The topological polar surface area (TPSA) is 62.1 Å². The van der Waals surface area contributed by atoms with Crippen molar-refractivity contribution in [3.05, 3.63) is 58.7 Å². The number of benzene rings is 1. The number of para-hydroxylation sites is 2. The molecule has 1 amide bonds. The molecule has 1 aliphatic heterocycles. The van der Waals surface area contributed by atoms with Crippen LogP contribution in [0.5, 0.6) is 0 Å². The lowest BCUT2D eigenvalue weighted by atomic mass is 9.97. The Kier molecular flexibility index (Phi) is 3.90. The van der Waals surface area contributed by atoms with Gasteiger partial charge in [-0.2, -0.15) is 0 Å². The summed E-state index contributed by atoms with van der Waals surface area (Å²) < 4.78 is 6.37. The van der Waals surface area contributed by atoms with Crippen molar-refractivity contribution >= 4 is 29.2 Å². The van der Waals surface area contributed by atoms with E-state index in [1.54, 1.807) is 18.3 Å². The normalized spacial score (nSPS) is 18.0. The van der Waals surface area contributed by atoms with Crippen molar-refractivity contribution in [1.29, 1.82) is 0 Å². The minimum Gasteiger partial charge on any atom is -0.440 e. The van der Waals surface area contributed by atoms with Gasteiger partial charge in [0.2, 0.25) is 0 Å². The van der Waals surface area contributed by atoms with E-state index in [9.17, 15) is 4.79 Å². The molecule has 0 aliphatic carbocycles. The van der Waals surface area contributed by atoms with Crippen molar-refractivity contribution in [3.8, 4) is 0 Å². The predicted molar refractivity (Wildman–Crippen MR) is 93.5 cm³/mol. The zero-order valence-corrected chi connectivity index (χ0v) is 13.9. The van der Waals surface area contributed by atoms with Crippen LogP contribution in [0.25, 0.3) is 11.1 Å². The molecule has 0 radical (unpaired) electrons. The van der Waals surface area contributed by atoms with Gasteiger partial charge in [-0.25, -0.2) is 4.98 Å². The van der Waals surface area contributed by atoms with Crippen LogP contribution in [-0.2, 0) is 0 Å². The molecule has 3 aromatic rings. The first-order valence-corrected chi connectivity index (χ1v) is 8.45. The van der Waals surface area contributed by atoms with Crippen LogP contribution in [0, 0.1) is 4.64 Å². The molecular formula is C18H17N3O2S. The molecule has 0 spiro atoms. The standard InChI is InChI=1S/C18H17N3O2S/c22-18(13-6-3-9-19-17(13)24)21-10-4-5-12(11-21)16-20-14-7-1-2-8-15(14)23-16/h1-3,6-9,12H,4-5,10-11H2,(H,19,24). The third-order valence-corrected chi connectivity index (χ3v) is 4.75. The number of oxazole rings is 1. The Morgan fingerprint density at radius 1 is 1.29 bits per heavy atom. The minimum absolute atomic E-state index is 0.0299. The van der Waals surface area contributed by atoms with E-state index in [4.69, 9.17) is 16.6 Å². The molecule has 6 heteroatoms. The van der Waals surface area contributed by atoms with Crippen molar-refractivity contribution in [1.82, 2.24) is 14.9 Å². The number of nitrogens with zero attached hydrogens (tertiary/aromatic N) is 2. The quantitative estimate of drug-likeness (QED) is 0.719. The number of fused-ring (bicyclic) bond motifs is 1. The van der Waals surface area contributed by atoms with Gasteiger partial charge in [0.15, 0.2) is 11.5 Å². The molecule has 1 fully saturated rings. The monoisotopic (exact) mass is 339 g/mol. The second-order valence-electron chi connectivity index (χ2n) is 6.02. The van der Waals surface area contributed by atoms with Gasteiger partial charge >= 0.3 is 0 Å². The number of nitrogens with one attached hydrogen (secondary N) is 1. The van der Waals surface area contributed by atoms with E-state index in [0.29, 0.717) is 22.6 Å². The molecule has 122 valence electrons. The number of likely N-dealkylation sites (tertiary alicyclic amines) is 1. The zero-order chi connectivity index (χ0) is 16.5. The lowest BCUT2D eigenvalue weighted by molar-refractivity contribution is 0.0698. The van der Waals surface area contributed by atoms with Gasteiger partial charge in [0, 0.05) is 19.3 Å². The number of H-pyrrole nitrogens is 1. The fraction of sp³-hybridized carbons (Fsp3) is 0.278. The van der Waals surface area contributed by atoms with Crippen LogP contribution < -0.4 is 0 Å². The van der Waals surface area contributed by atoms with Crippen molar-refractivity contribution < 1.29 is 9.21 Å². The number of aromatic amines is 1. The highest BCUT2D eigenvalue weighted by molar-refractivity contribution is 7.71. The number of carbonyl (C=O) groups excluding carboxylic acids is 1. The number of aromatic nitrogens is 2. The fourth-order valence-corrected chi connectivity index (χ4v) is 3.41. The minimum atomic E-state index is -0.0299. The highest BCUT2D eigenvalue weighted by atomic mass is 32.1. The largest absolute Gasteiger partial charge is 0.440 e. The van der Waals surface area contributed by atoms with Gasteiger partial charge < -0.3 is 14.3 Å². The molecule has 3 heterocycles. The third kappa shape index (κ3) is 2.73. The third-order valence-electron chi connectivity index (χ3n) is 4.42. The van der Waals surface area contributed by atoms with Gasteiger partial charge in [-0.05, 0) is 37.1 Å². The first-order chi connectivity index (χ1) is 11.7. The number of carbonyl (C=O) groups is 1. The molecule has 1 atom stereocenters. The molecule has 24 heavy (non-hydrogen) atoms. The van der Waals surface area contributed by atoms with Gasteiger partial charge in [0.1, 0.15) is 10.2 Å². The molecule has 0 bridgehead atoms. The first-order valence-electron chi connectivity index (χ1n) is 8.05. The fourth-order valence-electron chi connectivity index (χ4n) is 3.19. The smallest absolute Gasteiger partial charge is 0.256 e. The molecule has 5 nitrogen and oxygen atoms in total. The molecule has 1 aromatic carbocycles. The van der Waals surface area contributed by atoms with Crippen LogP contribution in [0.2, 0.25) is 0 Å². The summed E-state index contributed by atoms with van der Waals surface area (Å²) in [5.74, 6) is 0.806. The Bertz CT molecular complexity index is 913. The van der Waals surface area contributed by atoms with E-state index in [-0.39, 0.29) is 11.8 Å². The molecule has 1 saturated heterocycles. The summed E-state index contributed by atoms with van der Waals surface area (Å²) in [6.45, 7) is 1.34. The van der Waals surface area contributed by atoms with Crippen LogP contribution in [-0.4, -0.2) is 33.9 Å². The summed E-state index contributed by atoms with van der Waals surface area (Å²) in [7, 11) is 0. The number of hydrogen-bond donors (Lipinski definition) is 1. The Balaban J connectivity index is 1.58. The lowest BCUT2D eigenvalue weighted by Crippen LogP contribution is -2.39. The zero-order valence-electron chi connectivity index (χ0n) is 13.1. The number of rotatable bonds is 2. The number of hydrogen-bond acceptors (Lipinski definition) is 4. The average Bonchev–Trinajstić information content (AvgIpc) is 3.06. The van der Waals surface area contributed by atoms with Gasteiger partial charge in [0.05, 0.1) is 11.5 Å². The maximum atomic E-state index is 12.8. The summed E-state index contributed by atoms with van der Waals surface area (Å²) in [6, 6.07) is 11.3. The number of pyridine rings is 1. The maximum Gasteiger partial charge on any atom is 0.256 e. The second-order valence-corrected chi connectivity index (χ2v) is 6.43. The van der Waals surface area contributed by atoms with E-state index in [2.05, 4.69) is 9.97 Å². The summed E-state index contributed by atoms with van der Waals surface area (Å²) in [5, 5.41) is 0. The van der Waals surface area contributed by atoms with Gasteiger partial charge in [-0.15, -0.1) is 0 Å². The van der Waals surface area contributed by atoms with Gasteiger partial charge in [-0.3, -0.25) is 4.79 Å². The molecule has 0 saturated carbocycles. The Morgan fingerprint density at radius 3 is 3.00 bits per heavy atom. The Morgan fingerprint density at radius 2 is 2.17 bits per heavy atom. The Labute approximate surface area is 144 Å². The molecule has 1 N–H and O–H groups in total. The number of amides is 1. The maximum absolute atomic E-state index is 12.8. The van der Waals surface area contributed by atoms with Crippen LogP contribution in [0.4, 0.5) is 0 Å². The van der Waals surface area contributed by atoms with Crippen LogP contribution >= 0.6 is 12.2 Å². The van der Waals surface area contributed by atoms with Crippen molar-refractivity contribution in [2.24, 2.45) is 0 Å². The lowest BCUT2D eigenvalue weighted by Gasteiger charge is -2.31. The summed E-state index contributed by atoms with van der Waals surface area (Å²) >= 11 is 5.23. The summed E-state index contributed by atoms with van der Waals surface area (Å²) in [6.07, 6.45) is 3.63. The average molecular weight is 339 g/mol. The molecule has 1 aliphatic rings. The van der Waals surface area contributed by atoms with Crippen molar-refractivity contribution in [2.75, 3.05) is 13.1 Å². The highest BCUT2D eigenvalue weighted by Crippen LogP contribution is 2.29. The molecule has 4 rings (SSSR count). The van der Waals surface area contributed by atoms with E-state index >= 15 is 0 Å². The Hall–Kier alpha value is -2.47. The molecule has 1 unspecified atom stereocenters. The summed E-state index contributed by atoms with van der Waals surface area (Å²) in [5.41, 5.74) is 2.20. The highest BCUT2D eigenvalue weighted by Gasteiger charge is 2.29. The van der Waals surface area contributed by atoms with Crippen LogP contribution in [0.15, 0.2) is 47.0 Å². The molecule has 2 aromatic heterocycles. The predicted octanol–water partition coefficient (Wildman–Crippen LogP) is 3.91. The van der Waals surface area contributed by atoms with E-state index in [1.165, 1.54) is 0 Å². The van der Waals surface area contributed by atoms with E-state index in [0.717, 1.165) is 30.5 Å². The summed E-state index contributed by atoms with van der Waals surface area (Å²) in [4.78, 5) is 22.1. The van der Waals surface area contributed by atoms with E-state index < -0.39 is 0 Å². The van der Waals surface area contributed by atoms with E-state index in [1.807, 2.05) is 29.2 Å². The number of piperidine rings is 1. The molecular weight excluding hydrogens is 322 g/mol. The van der Waals surface area contributed by atoms with Crippen molar-refractivity contribution in [3.63, 3.8) is 0 Å². The SMILES string of the molecule is O=C(c1ccc[nH]c1=S)N1CCCC(c2nc3ccccc3o2)C1. The van der Waals surface area contributed by atoms with Gasteiger partial charge in [0.25, 0.3) is 5.91 Å². The van der Waals surface area contributed by atoms with Crippen molar-refractivity contribution in [2.45, 2.75) is 18.8 Å².